The lowest BCUT2D eigenvalue weighted by Gasteiger charge is -2.12. The van der Waals surface area contributed by atoms with E-state index in [-0.39, 0.29) is 23.8 Å². The fraction of sp³-hybridized carbons (Fsp3) is 0.192. The second-order valence-corrected chi connectivity index (χ2v) is 10.00. The molecule has 4 rings (SSSR count). The highest BCUT2D eigenvalue weighted by Crippen LogP contribution is 2.26. The highest BCUT2D eigenvalue weighted by atomic mass is 32.2. The van der Waals surface area contributed by atoms with Gasteiger partial charge in [-0.3, -0.25) is 4.79 Å². The quantitative estimate of drug-likeness (QED) is 0.373. The van der Waals surface area contributed by atoms with Gasteiger partial charge in [0, 0.05) is 23.6 Å². The van der Waals surface area contributed by atoms with Crippen LogP contribution < -0.4 is 4.74 Å². The molecule has 2 aromatic heterocycles. The average molecular weight is 490 g/mol. The molecule has 35 heavy (non-hydrogen) atoms. The van der Waals surface area contributed by atoms with E-state index in [1.54, 1.807) is 47.8 Å². The zero-order valence-electron chi connectivity index (χ0n) is 19.2. The Morgan fingerprint density at radius 2 is 1.83 bits per heavy atom. The van der Waals surface area contributed by atoms with E-state index in [0.717, 1.165) is 22.3 Å². The van der Waals surface area contributed by atoms with Crippen molar-refractivity contribution in [3.63, 3.8) is 0 Å². The normalized spacial score (nSPS) is 12.1. The maximum absolute atomic E-state index is 11.8. The molecular formula is C26H23N3O5S. The van der Waals surface area contributed by atoms with Crippen LogP contribution in [0.25, 0.3) is 16.8 Å². The minimum Gasteiger partial charge on any atom is -0.489 e. The Labute approximate surface area is 203 Å². The fourth-order valence-electron chi connectivity index (χ4n) is 3.71. The van der Waals surface area contributed by atoms with Crippen molar-refractivity contribution in [2.45, 2.75) is 30.8 Å². The summed E-state index contributed by atoms with van der Waals surface area (Å²) in [4.78, 5) is 15.7. The molecule has 0 amide bonds. The number of carbonyl (C=O) groups is 1. The fourth-order valence-corrected chi connectivity index (χ4v) is 4.34. The Kier molecular flexibility index (Phi) is 6.85. The van der Waals surface area contributed by atoms with Crippen molar-refractivity contribution in [1.82, 2.24) is 14.6 Å². The minimum atomic E-state index is -3.28. The number of benzene rings is 2. The smallest absolute Gasteiger partial charge is 0.304 e. The first-order valence-corrected chi connectivity index (χ1v) is 12.6. The minimum absolute atomic E-state index is 0.0656. The van der Waals surface area contributed by atoms with E-state index in [2.05, 4.69) is 21.9 Å². The van der Waals surface area contributed by atoms with Gasteiger partial charge in [0.05, 0.1) is 17.2 Å². The van der Waals surface area contributed by atoms with E-state index in [1.165, 1.54) is 12.6 Å². The predicted molar refractivity (Wildman–Crippen MR) is 131 cm³/mol. The van der Waals surface area contributed by atoms with Crippen LogP contribution in [0, 0.1) is 11.8 Å². The molecule has 0 aliphatic rings. The van der Waals surface area contributed by atoms with Crippen molar-refractivity contribution < 1.29 is 23.1 Å². The largest absolute Gasteiger partial charge is 0.489 e. The van der Waals surface area contributed by atoms with Crippen LogP contribution in [0.3, 0.4) is 0 Å². The standard InChI is InChI=1S/C26H23N3O5S/c1-3-4-20(14-25(30)31)18-5-9-23(10-6-18)34-16-22-13-21(15-29-26(22)27-17-28-29)19-7-11-24(12-8-19)35(2,32)33/h5-13,15,17,20H,14,16H2,1-2H3,(H,30,31). The third-order valence-corrected chi connectivity index (χ3v) is 6.57. The molecule has 1 N–H and O–H groups in total. The molecule has 0 saturated carbocycles. The Bertz CT molecular complexity index is 1530. The van der Waals surface area contributed by atoms with Gasteiger partial charge >= 0.3 is 5.97 Å². The zero-order valence-corrected chi connectivity index (χ0v) is 20.0. The molecule has 2 heterocycles. The summed E-state index contributed by atoms with van der Waals surface area (Å²) >= 11 is 0. The third kappa shape index (κ3) is 5.67. The Hall–Kier alpha value is -4.16. The van der Waals surface area contributed by atoms with Crippen LogP contribution in [-0.4, -0.2) is 40.3 Å². The van der Waals surface area contributed by atoms with Crippen LogP contribution in [0.15, 0.2) is 72.0 Å². The van der Waals surface area contributed by atoms with Crippen molar-refractivity contribution in [3.8, 4) is 28.7 Å². The maximum atomic E-state index is 11.8. The number of pyridine rings is 1. The number of hydrogen-bond acceptors (Lipinski definition) is 6. The van der Waals surface area contributed by atoms with Crippen molar-refractivity contribution in [3.05, 3.63) is 78.2 Å². The van der Waals surface area contributed by atoms with E-state index in [0.29, 0.717) is 11.4 Å². The van der Waals surface area contributed by atoms with Gasteiger partial charge in [-0.15, -0.1) is 5.92 Å². The summed E-state index contributed by atoms with van der Waals surface area (Å²) in [6.07, 6.45) is 4.40. The predicted octanol–water partition coefficient (Wildman–Crippen LogP) is 3.96. The summed E-state index contributed by atoms with van der Waals surface area (Å²) < 4.78 is 31.2. The van der Waals surface area contributed by atoms with E-state index in [1.807, 2.05) is 24.4 Å². The van der Waals surface area contributed by atoms with E-state index < -0.39 is 15.8 Å². The number of sulfone groups is 1. The number of aromatic nitrogens is 3. The van der Waals surface area contributed by atoms with E-state index >= 15 is 0 Å². The van der Waals surface area contributed by atoms with Gasteiger partial charge in [-0.25, -0.2) is 17.9 Å². The molecule has 1 unspecified atom stereocenters. The number of rotatable bonds is 8. The number of nitrogens with zero attached hydrogens (tertiary/aromatic N) is 3. The second kappa shape index (κ2) is 9.99. The summed E-state index contributed by atoms with van der Waals surface area (Å²) in [6, 6.07) is 15.8. The van der Waals surface area contributed by atoms with Crippen molar-refractivity contribution in [1.29, 1.82) is 0 Å². The van der Waals surface area contributed by atoms with E-state index in [9.17, 15) is 13.2 Å². The van der Waals surface area contributed by atoms with Gasteiger partial charge in [-0.2, -0.15) is 5.10 Å². The summed E-state index contributed by atoms with van der Waals surface area (Å²) in [5, 5.41) is 13.4. The second-order valence-electron chi connectivity index (χ2n) is 7.98. The van der Waals surface area contributed by atoms with Crippen molar-refractivity contribution in [2.75, 3.05) is 6.26 Å². The van der Waals surface area contributed by atoms with Crippen molar-refractivity contribution in [2.24, 2.45) is 0 Å². The Morgan fingerprint density at radius 1 is 1.11 bits per heavy atom. The number of carboxylic acids is 1. The molecule has 0 fully saturated rings. The molecule has 0 bridgehead atoms. The molecule has 2 aromatic carbocycles. The van der Waals surface area contributed by atoms with Crippen molar-refractivity contribution >= 4 is 21.5 Å². The van der Waals surface area contributed by atoms with Gasteiger partial charge in [0.2, 0.25) is 0 Å². The molecule has 0 aliphatic heterocycles. The van der Waals surface area contributed by atoms with Gasteiger partial charge in [0.1, 0.15) is 18.7 Å². The molecule has 0 spiro atoms. The van der Waals surface area contributed by atoms with Gasteiger partial charge in [0.25, 0.3) is 0 Å². The van der Waals surface area contributed by atoms with Crippen LogP contribution in [0.4, 0.5) is 0 Å². The lowest BCUT2D eigenvalue weighted by Crippen LogP contribution is -2.05. The number of aliphatic carboxylic acids is 1. The molecule has 178 valence electrons. The number of fused-ring (bicyclic) bond motifs is 1. The summed E-state index contributed by atoms with van der Waals surface area (Å²) in [6.45, 7) is 1.91. The molecule has 1 atom stereocenters. The van der Waals surface area contributed by atoms with Crippen LogP contribution in [0.1, 0.15) is 30.4 Å². The summed E-state index contributed by atoms with van der Waals surface area (Å²) in [5.41, 5.74) is 3.94. The lowest BCUT2D eigenvalue weighted by atomic mass is 9.96. The first kappa shape index (κ1) is 24.0. The average Bonchev–Trinajstić information content (AvgIpc) is 3.31. The van der Waals surface area contributed by atoms with Crippen LogP contribution in [-0.2, 0) is 21.2 Å². The molecule has 0 saturated heterocycles. The van der Waals surface area contributed by atoms with Crippen LogP contribution in [0.2, 0.25) is 0 Å². The van der Waals surface area contributed by atoms with Crippen LogP contribution >= 0.6 is 0 Å². The maximum Gasteiger partial charge on any atom is 0.304 e. The van der Waals surface area contributed by atoms with Gasteiger partial charge in [-0.1, -0.05) is 30.2 Å². The first-order valence-electron chi connectivity index (χ1n) is 10.7. The number of carboxylic acid groups (broad SMARTS) is 1. The van der Waals surface area contributed by atoms with Crippen LogP contribution in [0.5, 0.6) is 5.75 Å². The molecular weight excluding hydrogens is 466 g/mol. The Morgan fingerprint density at radius 3 is 2.46 bits per heavy atom. The van der Waals surface area contributed by atoms with Gasteiger partial charge in [-0.05, 0) is 48.4 Å². The topological polar surface area (TPSA) is 111 Å². The molecule has 0 radical (unpaired) electrons. The zero-order chi connectivity index (χ0) is 25.0. The van der Waals surface area contributed by atoms with Gasteiger partial charge < -0.3 is 9.84 Å². The van der Waals surface area contributed by atoms with Gasteiger partial charge in [0.15, 0.2) is 15.5 Å². The lowest BCUT2D eigenvalue weighted by molar-refractivity contribution is -0.137. The molecule has 0 aliphatic carbocycles. The monoisotopic (exact) mass is 489 g/mol. The summed E-state index contributed by atoms with van der Waals surface area (Å²) in [5.74, 6) is 5.06. The molecule has 4 aromatic rings. The summed E-state index contributed by atoms with van der Waals surface area (Å²) in [7, 11) is -3.28. The highest BCUT2D eigenvalue weighted by molar-refractivity contribution is 7.90. The number of ether oxygens (including phenoxy) is 1. The third-order valence-electron chi connectivity index (χ3n) is 5.44. The Balaban J connectivity index is 1.56. The number of hydrogen-bond donors (Lipinski definition) is 1. The molecule has 9 heteroatoms. The highest BCUT2D eigenvalue weighted by Gasteiger charge is 2.14. The van der Waals surface area contributed by atoms with E-state index in [4.69, 9.17) is 9.84 Å². The first-order chi connectivity index (χ1) is 16.7. The SMILES string of the molecule is CC#CC(CC(=O)O)c1ccc(OCc2cc(-c3ccc(S(C)(=O)=O)cc3)cn3ncnc23)cc1. The molecule has 8 nitrogen and oxygen atoms in total.